The minimum Gasteiger partial charge on any atom is -0.357 e. The molecule has 1 fully saturated rings. The Morgan fingerprint density at radius 1 is 1.24 bits per heavy atom. The van der Waals surface area contributed by atoms with Crippen LogP contribution in [0.1, 0.15) is 52.0 Å². The van der Waals surface area contributed by atoms with Crippen LogP contribution in [0.2, 0.25) is 0 Å². The van der Waals surface area contributed by atoms with Crippen molar-refractivity contribution >= 4 is 17.7 Å². The maximum absolute atomic E-state index is 13.5. The van der Waals surface area contributed by atoms with Gasteiger partial charge in [0.15, 0.2) is 0 Å². The standard InChI is InChI=1S/C22H33N3O4/c1-21(2,3)18(19(27)23-4)25-14-13-22(20(25)28,15-17(26)24-29)12-8-11-16-9-6-5-7-10-16/h5-7,9-10,18,29H,8,11-15H2,1-4H3,(H,23,27)(H,24,26)/t18-,22-/m0/s1. The van der Waals surface area contributed by atoms with Crippen molar-refractivity contribution in [1.82, 2.24) is 15.7 Å². The second-order valence-corrected chi connectivity index (χ2v) is 8.96. The first-order valence-electron chi connectivity index (χ1n) is 10.1. The molecule has 1 aliphatic heterocycles. The molecule has 0 saturated carbocycles. The zero-order chi connectivity index (χ0) is 21.7. The van der Waals surface area contributed by atoms with E-state index in [0.717, 1.165) is 12.8 Å². The number of carbonyl (C=O) groups excluding carboxylic acids is 3. The number of rotatable bonds is 8. The summed E-state index contributed by atoms with van der Waals surface area (Å²) in [4.78, 5) is 39.7. The second kappa shape index (κ2) is 9.39. The zero-order valence-electron chi connectivity index (χ0n) is 17.8. The highest BCUT2D eigenvalue weighted by molar-refractivity contribution is 5.94. The molecular formula is C22H33N3O4. The summed E-state index contributed by atoms with van der Waals surface area (Å²) in [7, 11) is 1.56. The average molecular weight is 404 g/mol. The van der Waals surface area contributed by atoms with Crippen molar-refractivity contribution in [2.75, 3.05) is 13.6 Å². The highest BCUT2D eigenvalue weighted by atomic mass is 16.5. The number of hydroxylamine groups is 1. The van der Waals surface area contributed by atoms with Crippen LogP contribution in [0.5, 0.6) is 0 Å². The van der Waals surface area contributed by atoms with E-state index in [4.69, 9.17) is 5.21 Å². The first-order chi connectivity index (χ1) is 13.6. The fourth-order valence-corrected chi connectivity index (χ4v) is 4.34. The van der Waals surface area contributed by atoms with E-state index in [1.807, 2.05) is 51.1 Å². The van der Waals surface area contributed by atoms with Crippen LogP contribution in [0.25, 0.3) is 0 Å². The molecule has 1 aromatic carbocycles. The van der Waals surface area contributed by atoms with Crippen LogP contribution in [0.4, 0.5) is 0 Å². The summed E-state index contributed by atoms with van der Waals surface area (Å²) in [6.07, 6.45) is 2.46. The van der Waals surface area contributed by atoms with Gasteiger partial charge in [-0.1, -0.05) is 51.1 Å². The van der Waals surface area contributed by atoms with Crippen LogP contribution < -0.4 is 10.8 Å². The lowest BCUT2D eigenvalue weighted by Crippen LogP contribution is -2.55. The monoisotopic (exact) mass is 403 g/mol. The van der Waals surface area contributed by atoms with E-state index in [-0.39, 0.29) is 18.2 Å². The third kappa shape index (κ3) is 5.35. The van der Waals surface area contributed by atoms with E-state index >= 15 is 0 Å². The molecule has 0 aromatic heterocycles. The Morgan fingerprint density at radius 3 is 2.45 bits per heavy atom. The van der Waals surface area contributed by atoms with Crippen LogP contribution in [0.3, 0.4) is 0 Å². The molecule has 7 heteroatoms. The molecule has 1 aliphatic rings. The second-order valence-electron chi connectivity index (χ2n) is 8.96. The lowest BCUT2D eigenvalue weighted by atomic mass is 9.77. The summed E-state index contributed by atoms with van der Waals surface area (Å²) < 4.78 is 0. The normalized spacial score (nSPS) is 20.4. The smallest absolute Gasteiger partial charge is 0.244 e. The van der Waals surface area contributed by atoms with E-state index in [1.165, 1.54) is 5.56 Å². The average Bonchev–Trinajstić information content (AvgIpc) is 2.98. The Bertz CT molecular complexity index is 729. The van der Waals surface area contributed by atoms with E-state index in [9.17, 15) is 14.4 Å². The third-order valence-corrected chi connectivity index (χ3v) is 5.76. The molecule has 1 heterocycles. The van der Waals surface area contributed by atoms with Crippen molar-refractivity contribution in [2.24, 2.45) is 10.8 Å². The number of amides is 3. The Balaban J connectivity index is 2.23. The molecule has 2 atom stereocenters. The zero-order valence-corrected chi connectivity index (χ0v) is 17.8. The Kier molecular flexibility index (Phi) is 7.41. The van der Waals surface area contributed by atoms with Gasteiger partial charge in [0, 0.05) is 20.0 Å². The molecule has 2 rings (SSSR count). The molecule has 0 radical (unpaired) electrons. The molecular weight excluding hydrogens is 370 g/mol. The number of likely N-dealkylation sites (tertiary alicyclic amines) is 1. The summed E-state index contributed by atoms with van der Waals surface area (Å²) in [5, 5.41) is 11.7. The maximum atomic E-state index is 13.5. The summed E-state index contributed by atoms with van der Waals surface area (Å²) in [5.74, 6) is -0.970. The first-order valence-corrected chi connectivity index (χ1v) is 10.1. The first kappa shape index (κ1) is 22.9. The van der Waals surface area contributed by atoms with Gasteiger partial charge in [0.05, 0.1) is 5.41 Å². The van der Waals surface area contributed by atoms with Gasteiger partial charge in [-0.05, 0) is 36.7 Å². The Morgan fingerprint density at radius 2 is 1.90 bits per heavy atom. The van der Waals surface area contributed by atoms with Gasteiger partial charge in [0.1, 0.15) is 6.04 Å². The van der Waals surface area contributed by atoms with Gasteiger partial charge in [-0.15, -0.1) is 0 Å². The quantitative estimate of drug-likeness (QED) is 0.458. The Hall–Kier alpha value is -2.41. The van der Waals surface area contributed by atoms with Crippen molar-refractivity contribution in [1.29, 1.82) is 0 Å². The molecule has 1 saturated heterocycles. The molecule has 1 aromatic rings. The van der Waals surface area contributed by atoms with Gasteiger partial charge in [-0.2, -0.15) is 0 Å². The minimum absolute atomic E-state index is 0.0851. The third-order valence-electron chi connectivity index (χ3n) is 5.76. The lowest BCUT2D eigenvalue weighted by Gasteiger charge is -2.37. The number of nitrogens with zero attached hydrogens (tertiary/aromatic N) is 1. The molecule has 0 bridgehead atoms. The lowest BCUT2D eigenvalue weighted by molar-refractivity contribution is -0.149. The Labute approximate surface area is 172 Å². The van der Waals surface area contributed by atoms with Crippen LogP contribution in [0, 0.1) is 10.8 Å². The van der Waals surface area contributed by atoms with Crippen molar-refractivity contribution in [2.45, 2.75) is 58.9 Å². The van der Waals surface area contributed by atoms with Crippen LogP contribution >= 0.6 is 0 Å². The summed E-state index contributed by atoms with van der Waals surface area (Å²) >= 11 is 0. The van der Waals surface area contributed by atoms with Gasteiger partial charge < -0.3 is 10.2 Å². The van der Waals surface area contributed by atoms with Crippen molar-refractivity contribution < 1.29 is 19.6 Å². The molecule has 160 valence electrons. The number of nitrogens with one attached hydrogen (secondary N) is 2. The fourth-order valence-electron chi connectivity index (χ4n) is 4.34. The number of carbonyl (C=O) groups is 3. The topological polar surface area (TPSA) is 98.7 Å². The number of hydrogen-bond donors (Lipinski definition) is 3. The molecule has 7 nitrogen and oxygen atoms in total. The van der Waals surface area contributed by atoms with Gasteiger partial charge >= 0.3 is 0 Å². The largest absolute Gasteiger partial charge is 0.357 e. The number of hydrogen-bond acceptors (Lipinski definition) is 4. The maximum Gasteiger partial charge on any atom is 0.244 e. The predicted octanol–water partition coefficient (Wildman–Crippen LogP) is 2.28. The number of benzene rings is 1. The highest BCUT2D eigenvalue weighted by Gasteiger charge is 2.52. The van der Waals surface area contributed by atoms with Gasteiger partial charge in [0.2, 0.25) is 17.7 Å². The SMILES string of the molecule is CNC(=O)[C@H](N1CC[C@@](CCCc2ccccc2)(CC(=O)NO)C1=O)C(C)(C)C. The fraction of sp³-hybridized carbons (Fsp3) is 0.591. The molecule has 29 heavy (non-hydrogen) atoms. The van der Waals surface area contributed by atoms with E-state index < -0.39 is 22.8 Å². The van der Waals surface area contributed by atoms with Gasteiger partial charge in [0.25, 0.3) is 0 Å². The molecule has 3 amide bonds. The van der Waals surface area contributed by atoms with E-state index in [1.54, 1.807) is 17.4 Å². The van der Waals surface area contributed by atoms with Crippen molar-refractivity contribution in [3.63, 3.8) is 0 Å². The highest BCUT2D eigenvalue weighted by Crippen LogP contribution is 2.43. The molecule has 0 unspecified atom stereocenters. The van der Waals surface area contributed by atoms with Crippen LogP contribution in [-0.4, -0.2) is 47.5 Å². The predicted molar refractivity (Wildman–Crippen MR) is 110 cm³/mol. The molecule has 0 aliphatic carbocycles. The van der Waals surface area contributed by atoms with Crippen molar-refractivity contribution in [3.05, 3.63) is 35.9 Å². The summed E-state index contributed by atoms with van der Waals surface area (Å²) in [6, 6.07) is 9.37. The van der Waals surface area contributed by atoms with Gasteiger partial charge in [-0.25, -0.2) is 5.48 Å². The number of likely N-dealkylation sites (N-methyl/N-ethyl adjacent to an activating group) is 1. The molecule has 0 spiro atoms. The van der Waals surface area contributed by atoms with Gasteiger partial charge in [-0.3, -0.25) is 19.6 Å². The van der Waals surface area contributed by atoms with E-state index in [2.05, 4.69) is 5.32 Å². The van der Waals surface area contributed by atoms with Crippen LogP contribution in [-0.2, 0) is 20.8 Å². The number of aryl methyl sites for hydroxylation is 1. The molecule has 3 N–H and O–H groups in total. The summed E-state index contributed by atoms with van der Waals surface area (Å²) in [5.41, 5.74) is 1.49. The summed E-state index contributed by atoms with van der Waals surface area (Å²) in [6.45, 7) is 6.19. The minimum atomic E-state index is -0.904. The van der Waals surface area contributed by atoms with Crippen molar-refractivity contribution in [3.8, 4) is 0 Å². The van der Waals surface area contributed by atoms with E-state index in [0.29, 0.717) is 19.4 Å². The van der Waals surface area contributed by atoms with Crippen LogP contribution in [0.15, 0.2) is 30.3 Å².